The lowest BCUT2D eigenvalue weighted by Gasteiger charge is -2.32. The van der Waals surface area contributed by atoms with Crippen LogP contribution in [-0.2, 0) is 35.2 Å². The van der Waals surface area contributed by atoms with Crippen molar-refractivity contribution in [3.8, 4) is 0 Å². The minimum atomic E-state index is -1.36. The van der Waals surface area contributed by atoms with Gasteiger partial charge in [-0.1, -0.05) is 116 Å². The Morgan fingerprint density at radius 1 is 0.775 bits per heavy atom. The van der Waals surface area contributed by atoms with Crippen LogP contribution in [0.25, 0.3) is 0 Å². The fourth-order valence-corrected chi connectivity index (χ4v) is 6.35. The number of carbonyl (C=O) groups is 1. The molecule has 3 atom stereocenters. The smallest absolute Gasteiger partial charge is 0.407 e. The second-order valence-corrected chi connectivity index (χ2v) is 11.7. The van der Waals surface area contributed by atoms with Gasteiger partial charge in [-0.15, -0.1) is 0 Å². The predicted octanol–water partition coefficient (Wildman–Crippen LogP) is 6.88. The monoisotopic (exact) mass is 554 g/mol. The molecule has 5 nitrogen and oxygen atoms in total. The Kier molecular flexibility index (Phi) is 11.1. The molecule has 0 radical (unpaired) electrons. The van der Waals surface area contributed by atoms with Gasteiger partial charge in [-0.25, -0.2) is 4.79 Å². The summed E-state index contributed by atoms with van der Waals surface area (Å²) >= 11 is 0. The van der Waals surface area contributed by atoms with Crippen molar-refractivity contribution in [2.75, 3.05) is 6.54 Å². The molecule has 0 aliphatic heterocycles. The van der Waals surface area contributed by atoms with Crippen molar-refractivity contribution >= 4 is 16.9 Å². The van der Waals surface area contributed by atoms with E-state index in [4.69, 9.17) is 4.74 Å². The molecule has 0 heterocycles. The molecule has 0 aliphatic rings. The topological polar surface area (TPSA) is 58.6 Å². The lowest BCUT2D eigenvalue weighted by molar-refractivity contribution is 0.133. The van der Waals surface area contributed by atoms with E-state index in [1.807, 2.05) is 105 Å². The first-order valence-corrected chi connectivity index (χ1v) is 15.0. The van der Waals surface area contributed by atoms with Crippen molar-refractivity contribution in [2.24, 2.45) is 0 Å². The van der Waals surface area contributed by atoms with E-state index in [1.54, 1.807) is 0 Å². The van der Waals surface area contributed by atoms with Gasteiger partial charge in [0.25, 0.3) is 0 Å². The first-order chi connectivity index (χ1) is 19.5. The van der Waals surface area contributed by atoms with E-state index < -0.39 is 16.9 Å². The summed E-state index contributed by atoms with van der Waals surface area (Å²) in [5, 5.41) is 2.69. The summed E-state index contributed by atoms with van der Waals surface area (Å²) in [6, 6.07) is 37.7. The number of rotatable bonds is 13. The van der Waals surface area contributed by atoms with Gasteiger partial charge >= 0.3 is 6.09 Å². The van der Waals surface area contributed by atoms with Gasteiger partial charge in [-0.05, 0) is 42.2 Å². The van der Waals surface area contributed by atoms with Crippen molar-refractivity contribution < 1.29 is 13.7 Å². The van der Waals surface area contributed by atoms with E-state index in [0.717, 1.165) is 16.0 Å². The molecule has 4 aromatic rings. The highest BCUT2D eigenvalue weighted by atomic mass is 32.2. The van der Waals surface area contributed by atoms with Gasteiger partial charge in [-0.3, -0.25) is 9.11 Å². The quantitative estimate of drug-likeness (QED) is 0.196. The molecule has 4 rings (SSSR count). The Labute approximate surface area is 240 Å². The highest BCUT2D eigenvalue weighted by molar-refractivity contribution is 7.85. The second-order valence-electron chi connectivity index (χ2n) is 10.0. The summed E-state index contributed by atoms with van der Waals surface area (Å²) in [5.41, 5.74) is 4.40. The number of amides is 1. The lowest BCUT2D eigenvalue weighted by atomic mass is 10.1. The number of carbonyl (C=O) groups excluding carboxylic acids is 1. The molecular formula is C34H38N2O3S. The summed E-state index contributed by atoms with van der Waals surface area (Å²) in [7, 11) is -1.36. The summed E-state index contributed by atoms with van der Waals surface area (Å²) < 4.78 is 19.7. The molecule has 0 aromatic heterocycles. The predicted molar refractivity (Wildman–Crippen MR) is 162 cm³/mol. The SMILES string of the molecule is CC[C@H](NC(=O)OCc1ccccc1)[C@@H](CN(Cc1ccccc1)Cc1ccccc1)S(=O)c1ccc(C)cc1. The van der Waals surface area contributed by atoms with Crippen LogP contribution in [0.3, 0.4) is 0 Å². The summed E-state index contributed by atoms with van der Waals surface area (Å²) in [4.78, 5) is 16.0. The fraction of sp³-hybridized carbons (Fsp3) is 0.265. The van der Waals surface area contributed by atoms with Gasteiger partial charge in [0.15, 0.2) is 0 Å². The molecule has 1 N–H and O–H groups in total. The minimum absolute atomic E-state index is 0.183. The van der Waals surface area contributed by atoms with Crippen molar-refractivity contribution in [2.45, 2.75) is 56.2 Å². The molecule has 0 saturated carbocycles. The van der Waals surface area contributed by atoms with Crippen LogP contribution in [0.15, 0.2) is 120 Å². The number of benzene rings is 4. The van der Waals surface area contributed by atoms with E-state index in [1.165, 1.54) is 11.1 Å². The van der Waals surface area contributed by atoms with Crippen molar-refractivity contribution in [3.63, 3.8) is 0 Å². The number of hydrogen-bond acceptors (Lipinski definition) is 4. The van der Waals surface area contributed by atoms with Gasteiger partial charge in [0.1, 0.15) is 6.61 Å². The minimum Gasteiger partial charge on any atom is -0.445 e. The van der Waals surface area contributed by atoms with E-state index >= 15 is 0 Å². The van der Waals surface area contributed by atoms with E-state index in [2.05, 4.69) is 34.5 Å². The summed E-state index contributed by atoms with van der Waals surface area (Å²) in [5.74, 6) is 0. The maximum Gasteiger partial charge on any atom is 0.407 e. The van der Waals surface area contributed by atoms with Crippen LogP contribution in [0.2, 0.25) is 0 Å². The van der Waals surface area contributed by atoms with Crippen LogP contribution in [0.4, 0.5) is 4.79 Å². The Hall–Kier alpha value is -3.74. The molecule has 0 aliphatic carbocycles. The van der Waals surface area contributed by atoms with Crippen LogP contribution < -0.4 is 5.32 Å². The molecule has 1 amide bonds. The zero-order valence-electron chi connectivity index (χ0n) is 23.2. The highest BCUT2D eigenvalue weighted by Gasteiger charge is 2.31. The number of hydrogen-bond donors (Lipinski definition) is 1. The van der Waals surface area contributed by atoms with Gasteiger partial charge < -0.3 is 10.1 Å². The zero-order chi connectivity index (χ0) is 28.2. The van der Waals surface area contributed by atoms with Crippen molar-refractivity contribution in [1.82, 2.24) is 10.2 Å². The largest absolute Gasteiger partial charge is 0.445 e. The number of aryl methyl sites for hydroxylation is 1. The molecule has 0 bridgehead atoms. The third kappa shape index (κ3) is 8.90. The zero-order valence-corrected chi connectivity index (χ0v) is 24.1. The Morgan fingerprint density at radius 2 is 1.27 bits per heavy atom. The number of nitrogens with zero attached hydrogens (tertiary/aromatic N) is 1. The molecule has 6 heteroatoms. The molecule has 4 aromatic carbocycles. The standard InChI is InChI=1S/C34H38N2O3S/c1-3-32(35-34(37)39-26-30-17-11-6-12-18-30)33(40(38)31-21-19-27(2)20-22-31)25-36(23-28-13-7-4-8-14-28)24-29-15-9-5-10-16-29/h4-22,32-33H,3,23-26H2,1-2H3,(H,35,37)/t32-,33+,40?/m0/s1. The van der Waals surface area contributed by atoms with E-state index in [9.17, 15) is 9.00 Å². The second kappa shape index (κ2) is 15.2. The van der Waals surface area contributed by atoms with Crippen molar-refractivity contribution in [3.05, 3.63) is 138 Å². The molecule has 0 saturated heterocycles. The van der Waals surface area contributed by atoms with Crippen LogP contribution in [-0.4, -0.2) is 33.0 Å². The molecule has 0 fully saturated rings. The maximum absolute atomic E-state index is 14.2. The summed E-state index contributed by atoms with van der Waals surface area (Å²) in [6.45, 7) is 6.15. The summed E-state index contributed by atoms with van der Waals surface area (Å²) in [6.07, 6.45) is 0.118. The van der Waals surface area contributed by atoms with Crippen LogP contribution >= 0.6 is 0 Å². The van der Waals surface area contributed by atoms with Gasteiger partial charge in [0.2, 0.25) is 0 Å². The van der Waals surface area contributed by atoms with Gasteiger partial charge in [0, 0.05) is 30.6 Å². The maximum atomic E-state index is 14.2. The van der Waals surface area contributed by atoms with Crippen molar-refractivity contribution in [1.29, 1.82) is 0 Å². The molecule has 1 unspecified atom stereocenters. The molecular weight excluding hydrogens is 516 g/mol. The third-order valence-corrected chi connectivity index (χ3v) is 8.63. The fourth-order valence-electron chi connectivity index (χ4n) is 4.69. The van der Waals surface area contributed by atoms with Gasteiger partial charge in [0.05, 0.1) is 16.0 Å². The van der Waals surface area contributed by atoms with Crippen LogP contribution in [0.1, 0.15) is 35.6 Å². The average Bonchev–Trinajstić information content (AvgIpc) is 2.99. The Balaban J connectivity index is 1.58. The van der Waals surface area contributed by atoms with Crippen LogP contribution in [0, 0.1) is 6.92 Å². The lowest BCUT2D eigenvalue weighted by Crippen LogP contribution is -2.50. The average molecular weight is 555 g/mol. The Morgan fingerprint density at radius 3 is 1.77 bits per heavy atom. The molecule has 208 valence electrons. The van der Waals surface area contributed by atoms with E-state index in [0.29, 0.717) is 26.1 Å². The third-order valence-electron chi connectivity index (χ3n) is 6.87. The first-order valence-electron chi connectivity index (χ1n) is 13.8. The molecule has 40 heavy (non-hydrogen) atoms. The van der Waals surface area contributed by atoms with E-state index in [-0.39, 0.29) is 17.9 Å². The van der Waals surface area contributed by atoms with Gasteiger partial charge in [-0.2, -0.15) is 0 Å². The number of alkyl carbamates (subject to hydrolysis) is 1. The highest BCUT2D eigenvalue weighted by Crippen LogP contribution is 2.21. The Bertz CT molecular complexity index is 1290. The number of nitrogens with one attached hydrogen (secondary N) is 1. The number of ether oxygens (including phenoxy) is 1. The molecule has 0 spiro atoms. The van der Waals surface area contributed by atoms with Crippen LogP contribution in [0.5, 0.6) is 0 Å². The normalized spacial score (nSPS) is 13.4. The first kappa shape index (κ1) is 29.2.